The van der Waals surface area contributed by atoms with E-state index in [0.717, 1.165) is 4.82 Å². The molecule has 0 aromatic heterocycles. The van der Waals surface area contributed by atoms with Crippen LogP contribution < -0.4 is 0 Å². The summed E-state index contributed by atoms with van der Waals surface area (Å²) >= 11 is 0.679. The third kappa shape index (κ3) is 0.520. The van der Waals surface area contributed by atoms with Crippen molar-refractivity contribution in [1.29, 1.82) is 0 Å². The monoisotopic (exact) mass is 169 g/mol. The Labute approximate surface area is 55.1 Å². The van der Waals surface area contributed by atoms with E-state index in [1.807, 2.05) is 0 Å². The van der Waals surface area contributed by atoms with Gasteiger partial charge in [-0.05, 0) is 0 Å². The molecule has 0 spiro atoms. The van der Waals surface area contributed by atoms with Crippen LogP contribution in [0.2, 0.25) is 4.82 Å². The summed E-state index contributed by atoms with van der Waals surface area (Å²) in [5.41, 5.74) is 1.39. The first-order chi connectivity index (χ1) is 3.97. The molecule has 1 aliphatic heterocycles. The van der Waals surface area contributed by atoms with Crippen LogP contribution >= 0.6 is 0 Å². The van der Waals surface area contributed by atoms with Crippen LogP contribution in [-0.4, -0.2) is 15.0 Å². The van der Waals surface area contributed by atoms with Crippen LogP contribution in [0, 0.1) is 6.08 Å². The second kappa shape index (κ2) is 1.61. The molecule has 0 saturated carbocycles. The van der Waals surface area contributed by atoms with E-state index in [2.05, 4.69) is 29.3 Å². The van der Waals surface area contributed by atoms with E-state index in [-0.39, 0.29) is 0 Å². The summed E-state index contributed by atoms with van der Waals surface area (Å²) in [5, 5.41) is 0. The summed E-state index contributed by atoms with van der Waals surface area (Å²) in [4.78, 5) is 2.93. The Hall–Kier alpha value is -0.261. The Morgan fingerprint density at radius 3 is 3.50 bits per heavy atom. The van der Waals surface area contributed by atoms with Crippen molar-refractivity contribution < 1.29 is 0 Å². The Kier molecular flexibility index (Phi) is 0.927. The molecule has 0 N–H and O–H groups in total. The summed E-state index contributed by atoms with van der Waals surface area (Å²) in [6.45, 7) is 0. The van der Waals surface area contributed by atoms with E-state index < -0.39 is 0 Å². The molecule has 8 heavy (non-hydrogen) atoms. The number of rotatable bonds is 0. The summed E-state index contributed by atoms with van der Waals surface area (Å²) in [6, 6.07) is 0. The molecule has 1 aliphatic carbocycles. The molecule has 1 atom stereocenters. The normalized spacial score (nSPS) is 31.0. The van der Waals surface area contributed by atoms with Gasteiger partial charge in [0.2, 0.25) is 0 Å². The molecule has 0 fully saturated rings. The summed E-state index contributed by atoms with van der Waals surface area (Å²) in [6.07, 6.45) is 9.75. The average Bonchev–Trinajstić information content (AvgIpc) is 2.15. The van der Waals surface area contributed by atoms with E-state index in [4.69, 9.17) is 0 Å². The quantitative estimate of drug-likeness (QED) is 0.478. The zero-order valence-corrected chi connectivity index (χ0v) is 6.01. The van der Waals surface area contributed by atoms with Crippen molar-refractivity contribution in [3.05, 3.63) is 34.9 Å². The standard InChI is InChI=1S/C7H5Se/c1-2-6-4-5-8-7(6)3-1/h1-3,5,7H. The van der Waals surface area contributed by atoms with Gasteiger partial charge in [0.1, 0.15) is 0 Å². The van der Waals surface area contributed by atoms with Gasteiger partial charge in [0, 0.05) is 0 Å². The van der Waals surface area contributed by atoms with E-state index in [1.54, 1.807) is 0 Å². The molecule has 0 amide bonds. The number of fused-ring (bicyclic) bond motifs is 1. The third-order valence-electron chi connectivity index (χ3n) is 1.31. The first kappa shape index (κ1) is 4.60. The maximum atomic E-state index is 3.22. The van der Waals surface area contributed by atoms with Gasteiger partial charge in [-0.25, -0.2) is 0 Å². The van der Waals surface area contributed by atoms with Crippen molar-refractivity contribution in [2.45, 2.75) is 4.82 Å². The molecule has 0 bridgehead atoms. The topological polar surface area (TPSA) is 0 Å². The van der Waals surface area contributed by atoms with Gasteiger partial charge in [-0.2, -0.15) is 0 Å². The van der Waals surface area contributed by atoms with Gasteiger partial charge in [0.15, 0.2) is 0 Å². The Morgan fingerprint density at radius 1 is 1.62 bits per heavy atom. The van der Waals surface area contributed by atoms with Crippen molar-refractivity contribution in [1.82, 2.24) is 0 Å². The van der Waals surface area contributed by atoms with Gasteiger partial charge in [-0.3, -0.25) is 0 Å². The molecule has 39 valence electrons. The first-order valence-corrected chi connectivity index (χ1v) is 4.57. The molecule has 2 aliphatic rings. The second-order valence-electron chi connectivity index (χ2n) is 1.83. The molecule has 1 heterocycles. The van der Waals surface area contributed by atoms with E-state index >= 15 is 0 Å². The molecule has 1 heteroatoms. The molecule has 1 radical (unpaired) electrons. The van der Waals surface area contributed by atoms with Crippen LogP contribution in [-0.2, 0) is 0 Å². The maximum absolute atomic E-state index is 3.22. The Morgan fingerprint density at radius 2 is 2.62 bits per heavy atom. The molecule has 2 rings (SSSR count). The first-order valence-electron chi connectivity index (χ1n) is 2.59. The average molecular weight is 168 g/mol. The third-order valence-corrected chi connectivity index (χ3v) is 3.32. The number of hydrogen-bond acceptors (Lipinski definition) is 0. The van der Waals surface area contributed by atoms with Crippen LogP contribution in [0.1, 0.15) is 0 Å². The molecule has 1 unspecified atom stereocenters. The van der Waals surface area contributed by atoms with Gasteiger partial charge in [-0.1, -0.05) is 0 Å². The number of allylic oxidation sites excluding steroid dienone is 5. The summed E-state index contributed by atoms with van der Waals surface area (Å²) < 4.78 is 0. The van der Waals surface area contributed by atoms with Crippen molar-refractivity contribution in [3.63, 3.8) is 0 Å². The van der Waals surface area contributed by atoms with E-state index in [1.165, 1.54) is 5.57 Å². The Bertz CT molecular complexity index is 187. The van der Waals surface area contributed by atoms with Crippen molar-refractivity contribution in [2.75, 3.05) is 0 Å². The van der Waals surface area contributed by atoms with Crippen molar-refractivity contribution >= 4 is 15.0 Å². The van der Waals surface area contributed by atoms with Gasteiger partial charge >= 0.3 is 54.6 Å². The van der Waals surface area contributed by atoms with Crippen LogP contribution in [0.5, 0.6) is 0 Å². The fourth-order valence-electron chi connectivity index (χ4n) is 0.883. The van der Waals surface area contributed by atoms with Crippen molar-refractivity contribution in [2.24, 2.45) is 0 Å². The zero-order valence-electron chi connectivity index (χ0n) is 4.29. The molecular weight excluding hydrogens is 163 g/mol. The summed E-state index contributed by atoms with van der Waals surface area (Å²) in [7, 11) is 0. The summed E-state index contributed by atoms with van der Waals surface area (Å²) in [5.74, 6) is 0. The molecular formula is C7H5Se. The minimum atomic E-state index is 0.679. The fourth-order valence-corrected chi connectivity index (χ4v) is 2.61. The molecule has 0 saturated heterocycles. The zero-order chi connectivity index (χ0) is 5.40. The minimum absolute atomic E-state index is 0.679. The second-order valence-corrected chi connectivity index (χ2v) is 3.96. The Balaban J connectivity index is 2.39. The van der Waals surface area contributed by atoms with Gasteiger partial charge in [0.25, 0.3) is 0 Å². The van der Waals surface area contributed by atoms with Gasteiger partial charge in [-0.15, -0.1) is 0 Å². The predicted octanol–water partition coefficient (Wildman–Crippen LogP) is 1.31. The fraction of sp³-hybridized carbons (Fsp3) is 0.143. The van der Waals surface area contributed by atoms with Crippen LogP contribution in [0.4, 0.5) is 0 Å². The molecule has 0 aromatic carbocycles. The molecule has 0 nitrogen and oxygen atoms in total. The van der Waals surface area contributed by atoms with Gasteiger partial charge in [0.05, 0.1) is 0 Å². The van der Waals surface area contributed by atoms with Gasteiger partial charge < -0.3 is 0 Å². The number of hydrogen-bond donors (Lipinski definition) is 0. The van der Waals surface area contributed by atoms with Crippen LogP contribution in [0.3, 0.4) is 0 Å². The van der Waals surface area contributed by atoms with E-state index in [0.29, 0.717) is 15.0 Å². The van der Waals surface area contributed by atoms with E-state index in [9.17, 15) is 0 Å². The SMILES string of the molecule is [C]1=C[Se]C2C=CC=C12. The van der Waals surface area contributed by atoms with Crippen LogP contribution in [0.25, 0.3) is 0 Å². The van der Waals surface area contributed by atoms with Crippen molar-refractivity contribution in [3.8, 4) is 0 Å². The predicted molar refractivity (Wildman–Crippen MR) is 34.5 cm³/mol. The van der Waals surface area contributed by atoms with Crippen LogP contribution in [0.15, 0.2) is 28.8 Å². The molecule has 0 aromatic rings.